The van der Waals surface area contributed by atoms with E-state index in [1.165, 1.54) is 0 Å². The Kier molecular flexibility index (Phi) is 7.77. The predicted molar refractivity (Wildman–Crippen MR) is 135 cm³/mol. The van der Waals surface area contributed by atoms with Gasteiger partial charge in [-0.3, -0.25) is 9.78 Å². The van der Waals surface area contributed by atoms with Gasteiger partial charge < -0.3 is 14.8 Å². The van der Waals surface area contributed by atoms with E-state index in [1.807, 2.05) is 37.6 Å². The number of amides is 1. The summed E-state index contributed by atoms with van der Waals surface area (Å²) in [4.78, 5) is 16.8. The molecule has 0 aliphatic heterocycles. The fraction of sp³-hybridized carbons (Fsp3) is 0.250. The summed E-state index contributed by atoms with van der Waals surface area (Å²) in [5.74, 6) is 0.989. The van der Waals surface area contributed by atoms with E-state index in [0.29, 0.717) is 36.8 Å². The minimum Gasteiger partial charge on any atom is -0.490 e. The van der Waals surface area contributed by atoms with Crippen molar-refractivity contribution in [3.8, 4) is 17.2 Å². The number of pyridine rings is 1. The molecule has 4 rings (SSSR count). The molecule has 0 saturated heterocycles. The van der Waals surface area contributed by atoms with Gasteiger partial charge in [0.25, 0.3) is 5.91 Å². The number of rotatable bonds is 10. The molecule has 0 spiro atoms. The zero-order valence-electron chi connectivity index (χ0n) is 20.3. The first-order valence-electron chi connectivity index (χ1n) is 11.7. The molecule has 180 valence electrons. The second-order valence-corrected chi connectivity index (χ2v) is 8.26. The Labute approximate surface area is 205 Å². The van der Waals surface area contributed by atoms with E-state index in [4.69, 9.17) is 9.47 Å². The Hall–Kier alpha value is -4.13. The zero-order chi connectivity index (χ0) is 24.6. The van der Waals surface area contributed by atoms with Gasteiger partial charge in [0.2, 0.25) is 0 Å². The number of nitrogens with one attached hydrogen (secondary N) is 1. The van der Waals surface area contributed by atoms with Gasteiger partial charge in [-0.2, -0.15) is 5.10 Å². The Balaban J connectivity index is 1.33. The summed E-state index contributed by atoms with van der Waals surface area (Å²) in [6.45, 7) is 7.31. The first-order chi connectivity index (χ1) is 17.0. The first-order valence-corrected chi connectivity index (χ1v) is 11.7. The number of carbonyl (C=O) groups is 1. The molecule has 2 heterocycles. The van der Waals surface area contributed by atoms with Gasteiger partial charge in [-0.15, -0.1) is 0 Å². The maximum Gasteiger partial charge on any atom is 0.251 e. The van der Waals surface area contributed by atoms with Crippen molar-refractivity contribution >= 4 is 5.91 Å². The summed E-state index contributed by atoms with van der Waals surface area (Å²) < 4.78 is 13.5. The van der Waals surface area contributed by atoms with E-state index in [1.54, 1.807) is 30.6 Å². The molecular weight excluding hydrogens is 440 g/mol. The third-order valence-electron chi connectivity index (χ3n) is 5.51. The van der Waals surface area contributed by atoms with E-state index in [0.717, 1.165) is 34.6 Å². The van der Waals surface area contributed by atoms with E-state index in [2.05, 4.69) is 45.7 Å². The van der Waals surface area contributed by atoms with Crippen LogP contribution in [0.25, 0.3) is 5.69 Å². The van der Waals surface area contributed by atoms with Crippen LogP contribution in [0.5, 0.6) is 11.5 Å². The third-order valence-corrected chi connectivity index (χ3v) is 5.51. The second kappa shape index (κ2) is 11.3. The molecule has 0 bridgehead atoms. The summed E-state index contributed by atoms with van der Waals surface area (Å²) in [7, 11) is 0. The second-order valence-electron chi connectivity index (χ2n) is 8.26. The molecule has 0 saturated carbocycles. The number of nitrogens with zero attached hydrogens (tertiary/aromatic N) is 3. The van der Waals surface area contributed by atoms with Crippen LogP contribution in [-0.4, -0.2) is 33.8 Å². The van der Waals surface area contributed by atoms with E-state index in [9.17, 15) is 4.79 Å². The Bertz CT molecular complexity index is 1270. The van der Waals surface area contributed by atoms with Crippen molar-refractivity contribution in [2.75, 3.05) is 13.2 Å². The average molecular weight is 471 g/mol. The molecule has 35 heavy (non-hydrogen) atoms. The largest absolute Gasteiger partial charge is 0.490 e. The van der Waals surface area contributed by atoms with Gasteiger partial charge in [0.1, 0.15) is 6.61 Å². The molecule has 2 aromatic carbocycles. The molecule has 0 aliphatic carbocycles. The topological polar surface area (TPSA) is 78.3 Å². The number of aryl methyl sites for hydroxylation is 2. The normalized spacial score (nSPS) is 10.7. The van der Waals surface area contributed by atoms with Gasteiger partial charge in [0.05, 0.1) is 18.0 Å². The van der Waals surface area contributed by atoms with Gasteiger partial charge in [0.15, 0.2) is 11.5 Å². The van der Waals surface area contributed by atoms with Crippen LogP contribution in [0.1, 0.15) is 39.8 Å². The molecule has 7 heteroatoms. The molecule has 1 N–H and O–H groups in total. The lowest BCUT2D eigenvalue weighted by atomic mass is 10.1. The van der Waals surface area contributed by atoms with Crippen LogP contribution in [0, 0.1) is 13.8 Å². The zero-order valence-corrected chi connectivity index (χ0v) is 20.3. The van der Waals surface area contributed by atoms with Crippen molar-refractivity contribution in [3.63, 3.8) is 0 Å². The van der Waals surface area contributed by atoms with E-state index < -0.39 is 0 Å². The Morgan fingerprint density at radius 3 is 2.49 bits per heavy atom. The average Bonchev–Trinajstić information content (AvgIpc) is 3.22. The number of benzene rings is 2. The molecular formula is C28H30N4O3. The lowest BCUT2D eigenvalue weighted by Crippen LogP contribution is -2.25. The molecule has 0 radical (unpaired) electrons. The highest BCUT2D eigenvalue weighted by molar-refractivity contribution is 5.94. The number of carbonyl (C=O) groups excluding carboxylic acids is 1. The third kappa shape index (κ3) is 6.26. The smallest absolute Gasteiger partial charge is 0.251 e. The number of aromatic nitrogens is 3. The summed E-state index contributed by atoms with van der Waals surface area (Å²) in [5.41, 5.74) is 5.75. The van der Waals surface area contributed by atoms with Gasteiger partial charge in [-0.1, -0.05) is 18.2 Å². The van der Waals surface area contributed by atoms with Crippen LogP contribution in [0.15, 0.2) is 73.1 Å². The van der Waals surface area contributed by atoms with Crippen molar-refractivity contribution in [3.05, 3.63) is 101 Å². The summed E-state index contributed by atoms with van der Waals surface area (Å²) in [5, 5.41) is 7.51. The van der Waals surface area contributed by atoms with Crippen molar-refractivity contribution in [2.45, 2.75) is 33.8 Å². The van der Waals surface area contributed by atoms with Crippen LogP contribution in [0.2, 0.25) is 0 Å². The summed E-state index contributed by atoms with van der Waals surface area (Å²) in [6, 6.07) is 19.4. The Morgan fingerprint density at radius 2 is 1.80 bits per heavy atom. The van der Waals surface area contributed by atoms with Crippen molar-refractivity contribution < 1.29 is 14.3 Å². The lowest BCUT2D eigenvalue weighted by Gasteiger charge is -2.13. The van der Waals surface area contributed by atoms with Crippen LogP contribution >= 0.6 is 0 Å². The van der Waals surface area contributed by atoms with Crippen molar-refractivity contribution in [2.24, 2.45) is 0 Å². The predicted octanol–water partition coefficient (Wildman–Crippen LogP) is 4.83. The fourth-order valence-corrected chi connectivity index (χ4v) is 3.80. The molecule has 0 aliphatic rings. The van der Waals surface area contributed by atoms with E-state index >= 15 is 0 Å². The minimum absolute atomic E-state index is 0.149. The molecule has 0 atom stereocenters. The molecule has 0 fully saturated rings. The highest BCUT2D eigenvalue weighted by Crippen LogP contribution is 2.29. The van der Waals surface area contributed by atoms with Crippen molar-refractivity contribution in [1.29, 1.82) is 0 Å². The fourth-order valence-electron chi connectivity index (χ4n) is 3.80. The maximum absolute atomic E-state index is 12.7. The SMILES string of the molecule is CCOc1cc(C(=O)NCCc2ccc(-n3nc(C)cc3C)cc2)ccc1OCc1cccnc1. The Morgan fingerprint density at radius 1 is 0.971 bits per heavy atom. The highest BCUT2D eigenvalue weighted by atomic mass is 16.5. The minimum atomic E-state index is -0.149. The molecule has 0 unspecified atom stereocenters. The van der Waals surface area contributed by atoms with Crippen LogP contribution in [-0.2, 0) is 13.0 Å². The van der Waals surface area contributed by atoms with Gasteiger partial charge >= 0.3 is 0 Å². The van der Waals surface area contributed by atoms with Crippen LogP contribution < -0.4 is 14.8 Å². The molecule has 7 nitrogen and oxygen atoms in total. The number of ether oxygens (including phenoxy) is 2. The quantitative estimate of drug-likeness (QED) is 0.359. The van der Waals surface area contributed by atoms with Gasteiger partial charge in [0, 0.05) is 35.8 Å². The summed E-state index contributed by atoms with van der Waals surface area (Å²) in [6.07, 6.45) is 4.21. The van der Waals surface area contributed by atoms with Crippen LogP contribution in [0.4, 0.5) is 0 Å². The summed E-state index contributed by atoms with van der Waals surface area (Å²) >= 11 is 0. The standard InChI is InChI=1S/C28H30N4O3/c1-4-34-27-17-24(9-12-26(27)35-19-23-6-5-14-29-18-23)28(33)30-15-13-22-7-10-25(11-8-22)32-21(3)16-20(2)31-32/h5-12,14,16-18H,4,13,15,19H2,1-3H3,(H,30,33). The van der Waals surface area contributed by atoms with Gasteiger partial charge in [-0.05, 0) is 75.2 Å². The molecule has 4 aromatic rings. The monoisotopic (exact) mass is 470 g/mol. The van der Waals surface area contributed by atoms with Crippen molar-refractivity contribution in [1.82, 2.24) is 20.1 Å². The molecule has 2 aromatic heterocycles. The molecule has 1 amide bonds. The highest BCUT2D eigenvalue weighted by Gasteiger charge is 2.12. The van der Waals surface area contributed by atoms with Gasteiger partial charge in [-0.25, -0.2) is 4.68 Å². The van der Waals surface area contributed by atoms with Crippen LogP contribution in [0.3, 0.4) is 0 Å². The number of hydrogen-bond donors (Lipinski definition) is 1. The van der Waals surface area contributed by atoms with E-state index in [-0.39, 0.29) is 5.91 Å². The maximum atomic E-state index is 12.7. The number of hydrogen-bond acceptors (Lipinski definition) is 5. The lowest BCUT2D eigenvalue weighted by molar-refractivity contribution is 0.0953. The first kappa shape index (κ1) is 24.0.